The van der Waals surface area contributed by atoms with Crippen LogP contribution in [0.15, 0.2) is 42.5 Å². The molecule has 0 bridgehead atoms. The molecule has 2 heterocycles. The summed E-state index contributed by atoms with van der Waals surface area (Å²) in [5.41, 5.74) is 2.75. The van der Waals surface area contributed by atoms with Crippen molar-refractivity contribution in [3.63, 3.8) is 0 Å². The molecule has 0 saturated heterocycles. The molecular weight excluding hydrogens is 316 g/mol. The lowest BCUT2D eigenvalue weighted by molar-refractivity contribution is -0.129. The van der Waals surface area contributed by atoms with Crippen molar-refractivity contribution >= 4 is 28.4 Å². The molecule has 2 amide bonds. The number of benzene rings is 2. The molecule has 0 saturated carbocycles. The normalized spacial score (nSPS) is 13.1. The molecule has 0 aliphatic carbocycles. The highest BCUT2D eigenvalue weighted by Gasteiger charge is 2.27. The molecule has 25 heavy (non-hydrogen) atoms. The van der Waals surface area contributed by atoms with Crippen LogP contribution in [0.5, 0.6) is 0 Å². The summed E-state index contributed by atoms with van der Waals surface area (Å²) in [7, 11) is 0. The van der Waals surface area contributed by atoms with E-state index >= 15 is 0 Å². The quantitative estimate of drug-likeness (QED) is 0.773. The molecule has 0 radical (unpaired) electrons. The van der Waals surface area contributed by atoms with Gasteiger partial charge in [0.1, 0.15) is 0 Å². The van der Waals surface area contributed by atoms with E-state index < -0.39 is 0 Å². The lowest BCUT2D eigenvalue weighted by Crippen LogP contribution is -2.23. The maximum atomic E-state index is 12.5. The van der Waals surface area contributed by atoms with Crippen LogP contribution in [0.25, 0.3) is 10.8 Å². The van der Waals surface area contributed by atoms with Gasteiger partial charge in [0.2, 0.25) is 11.8 Å². The van der Waals surface area contributed by atoms with E-state index in [4.69, 9.17) is 0 Å². The van der Waals surface area contributed by atoms with Crippen molar-refractivity contribution in [1.82, 2.24) is 15.1 Å². The molecule has 1 aromatic heterocycles. The van der Waals surface area contributed by atoms with E-state index in [9.17, 15) is 9.59 Å². The zero-order valence-corrected chi connectivity index (χ0v) is 13.9. The number of nitrogens with one attached hydrogen (secondary N) is 2. The van der Waals surface area contributed by atoms with Crippen molar-refractivity contribution in [2.75, 3.05) is 5.32 Å². The highest BCUT2D eigenvalue weighted by atomic mass is 16.2. The predicted octanol–water partition coefficient (Wildman–Crippen LogP) is 2.61. The van der Waals surface area contributed by atoms with Crippen LogP contribution >= 0.6 is 0 Å². The molecule has 6 nitrogen and oxygen atoms in total. The number of aromatic amines is 1. The molecule has 1 aliphatic heterocycles. The topological polar surface area (TPSA) is 78.1 Å². The maximum Gasteiger partial charge on any atom is 0.230 e. The van der Waals surface area contributed by atoms with Gasteiger partial charge >= 0.3 is 0 Å². The molecule has 6 heteroatoms. The molecular formula is C19H18N4O2. The van der Waals surface area contributed by atoms with E-state index in [2.05, 4.69) is 15.5 Å². The number of H-pyrrole nitrogens is 1. The molecule has 4 rings (SSSR count). The lowest BCUT2D eigenvalue weighted by atomic mass is 10.0. The van der Waals surface area contributed by atoms with E-state index in [1.165, 1.54) is 6.92 Å². The van der Waals surface area contributed by atoms with Gasteiger partial charge in [0, 0.05) is 12.5 Å². The zero-order chi connectivity index (χ0) is 17.4. The third-order valence-corrected chi connectivity index (χ3v) is 4.58. The number of amides is 2. The Kier molecular flexibility index (Phi) is 3.72. The number of carbonyl (C=O) groups is 2. The largest absolute Gasteiger partial charge is 0.333 e. The second-order valence-electron chi connectivity index (χ2n) is 6.27. The van der Waals surface area contributed by atoms with E-state index in [1.54, 1.807) is 4.90 Å². The summed E-state index contributed by atoms with van der Waals surface area (Å²) in [5.74, 6) is 0.411. The second kappa shape index (κ2) is 6.05. The predicted molar refractivity (Wildman–Crippen MR) is 94.8 cm³/mol. The Labute approximate surface area is 144 Å². The number of carbonyl (C=O) groups excluding carboxylic acids is 2. The van der Waals surface area contributed by atoms with E-state index in [1.807, 2.05) is 42.5 Å². The monoisotopic (exact) mass is 334 g/mol. The third kappa shape index (κ3) is 2.87. The molecule has 3 aromatic rings. The van der Waals surface area contributed by atoms with Crippen LogP contribution in [0.3, 0.4) is 0 Å². The van der Waals surface area contributed by atoms with Gasteiger partial charge in [-0.05, 0) is 16.3 Å². The smallest absolute Gasteiger partial charge is 0.230 e. The average molecular weight is 334 g/mol. The summed E-state index contributed by atoms with van der Waals surface area (Å²) in [6, 6.07) is 14.0. The summed E-state index contributed by atoms with van der Waals surface area (Å²) < 4.78 is 0. The molecule has 126 valence electrons. The number of hydrogen-bond acceptors (Lipinski definition) is 3. The molecule has 0 atom stereocenters. The molecule has 2 N–H and O–H groups in total. The van der Waals surface area contributed by atoms with Crippen LogP contribution in [-0.4, -0.2) is 26.9 Å². The maximum absolute atomic E-state index is 12.5. The Hall–Kier alpha value is -3.15. The molecule has 1 aliphatic rings. The molecule has 0 fully saturated rings. The van der Waals surface area contributed by atoms with Gasteiger partial charge in [0.05, 0.1) is 25.2 Å². The van der Waals surface area contributed by atoms with Gasteiger partial charge in [-0.1, -0.05) is 42.5 Å². The number of aromatic nitrogens is 2. The first-order valence-corrected chi connectivity index (χ1v) is 8.20. The SMILES string of the molecule is CC(=O)N1Cc2[nH]nc(NC(=O)Cc3cccc4ccccc34)c2C1. The Balaban J connectivity index is 1.52. The first-order chi connectivity index (χ1) is 12.1. The van der Waals surface area contributed by atoms with Crippen LogP contribution in [-0.2, 0) is 29.1 Å². The van der Waals surface area contributed by atoms with E-state index in [0.29, 0.717) is 18.9 Å². The summed E-state index contributed by atoms with van der Waals surface area (Å²) in [6.45, 7) is 2.53. The standard InChI is InChI=1S/C19H18N4O2/c1-12(24)23-10-16-17(11-23)21-22-19(16)20-18(25)9-14-7-4-6-13-5-2-3-8-15(13)14/h2-8H,9-11H2,1H3,(H2,20,21,22,25). The van der Waals surface area contributed by atoms with Crippen molar-refractivity contribution in [2.45, 2.75) is 26.4 Å². The van der Waals surface area contributed by atoms with Crippen LogP contribution < -0.4 is 5.32 Å². The second-order valence-corrected chi connectivity index (χ2v) is 6.27. The van der Waals surface area contributed by atoms with Gasteiger partial charge in [0.15, 0.2) is 5.82 Å². The van der Waals surface area contributed by atoms with Gasteiger partial charge in [-0.2, -0.15) is 5.10 Å². The van der Waals surface area contributed by atoms with Crippen LogP contribution in [0.1, 0.15) is 23.7 Å². The third-order valence-electron chi connectivity index (χ3n) is 4.58. The highest BCUT2D eigenvalue weighted by molar-refractivity contribution is 5.96. The number of rotatable bonds is 3. The first kappa shape index (κ1) is 15.4. The van der Waals surface area contributed by atoms with Gasteiger partial charge in [-0.3, -0.25) is 14.7 Å². The van der Waals surface area contributed by atoms with Gasteiger partial charge < -0.3 is 10.2 Å². The number of anilines is 1. The first-order valence-electron chi connectivity index (χ1n) is 8.20. The number of hydrogen-bond donors (Lipinski definition) is 2. The highest BCUT2D eigenvalue weighted by Crippen LogP contribution is 2.27. The number of fused-ring (bicyclic) bond motifs is 2. The van der Waals surface area contributed by atoms with Gasteiger partial charge in [0.25, 0.3) is 0 Å². The Bertz CT molecular complexity index is 971. The lowest BCUT2D eigenvalue weighted by Gasteiger charge is -2.12. The summed E-state index contributed by atoms with van der Waals surface area (Å²) in [6.07, 6.45) is 0.277. The Morgan fingerprint density at radius 1 is 1.16 bits per heavy atom. The Morgan fingerprint density at radius 3 is 2.80 bits per heavy atom. The fourth-order valence-corrected chi connectivity index (χ4v) is 3.26. The summed E-state index contributed by atoms with van der Waals surface area (Å²) >= 11 is 0. The van der Waals surface area contributed by atoms with Gasteiger partial charge in [-0.25, -0.2) is 0 Å². The van der Waals surface area contributed by atoms with Crippen LogP contribution in [0, 0.1) is 0 Å². The van der Waals surface area contributed by atoms with Crippen molar-refractivity contribution < 1.29 is 9.59 Å². The average Bonchev–Trinajstić information content (AvgIpc) is 3.17. The van der Waals surface area contributed by atoms with Crippen LogP contribution in [0.4, 0.5) is 5.82 Å². The minimum atomic E-state index is -0.119. The fraction of sp³-hybridized carbons (Fsp3) is 0.211. The van der Waals surface area contributed by atoms with Crippen molar-refractivity contribution in [3.05, 3.63) is 59.3 Å². The molecule has 0 spiro atoms. The Morgan fingerprint density at radius 2 is 1.96 bits per heavy atom. The minimum absolute atomic E-state index is 0.0117. The molecule has 2 aromatic carbocycles. The van der Waals surface area contributed by atoms with Crippen LogP contribution in [0.2, 0.25) is 0 Å². The van der Waals surface area contributed by atoms with Crippen molar-refractivity contribution in [3.8, 4) is 0 Å². The number of nitrogens with zero attached hydrogens (tertiary/aromatic N) is 2. The van der Waals surface area contributed by atoms with E-state index in [-0.39, 0.29) is 18.2 Å². The minimum Gasteiger partial charge on any atom is -0.333 e. The summed E-state index contributed by atoms with van der Waals surface area (Å²) in [4.78, 5) is 25.7. The van der Waals surface area contributed by atoms with Crippen molar-refractivity contribution in [1.29, 1.82) is 0 Å². The zero-order valence-electron chi connectivity index (χ0n) is 13.9. The van der Waals surface area contributed by atoms with Crippen molar-refractivity contribution in [2.24, 2.45) is 0 Å². The van der Waals surface area contributed by atoms with Gasteiger partial charge in [-0.15, -0.1) is 0 Å². The summed E-state index contributed by atoms with van der Waals surface area (Å²) in [5, 5.41) is 12.2. The fourth-order valence-electron chi connectivity index (χ4n) is 3.26. The molecule has 0 unspecified atom stereocenters. The van der Waals surface area contributed by atoms with E-state index in [0.717, 1.165) is 27.6 Å².